The van der Waals surface area contributed by atoms with Crippen LogP contribution in [-0.2, 0) is 17.8 Å². The van der Waals surface area contributed by atoms with Gasteiger partial charge in [0.05, 0.1) is 11.0 Å². The first kappa shape index (κ1) is 24.8. The first-order chi connectivity index (χ1) is 18.1. The van der Waals surface area contributed by atoms with Crippen molar-refractivity contribution in [1.29, 1.82) is 0 Å². The van der Waals surface area contributed by atoms with Crippen molar-refractivity contribution in [3.05, 3.63) is 106 Å². The van der Waals surface area contributed by atoms with Gasteiger partial charge in [0.1, 0.15) is 6.61 Å². The zero-order valence-corrected chi connectivity index (χ0v) is 21.2. The fraction of sp³-hybridized carbons (Fsp3) is 0.333. The van der Waals surface area contributed by atoms with Crippen LogP contribution in [0.25, 0.3) is 11.0 Å². The highest BCUT2D eigenvalue weighted by Crippen LogP contribution is 2.31. The quantitative estimate of drug-likeness (QED) is 0.347. The highest BCUT2D eigenvalue weighted by atomic mass is 16.6. The molecule has 1 amide bonds. The lowest BCUT2D eigenvalue weighted by atomic mass is 9.89. The molecule has 4 aromatic rings. The van der Waals surface area contributed by atoms with Crippen LogP contribution < -0.4 is 5.69 Å². The number of aromatic amines is 2. The Morgan fingerprint density at radius 2 is 1.54 bits per heavy atom. The van der Waals surface area contributed by atoms with Crippen LogP contribution in [0, 0.1) is 0 Å². The molecule has 1 fully saturated rings. The molecule has 2 heterocycles. The minimum Gasteiger partial charge on any atom is -0.448 e. The SMILES string of the molecule is C[C@@H](COC(=O)N1CCC(c2cccc3[nH]c(=O)[nH]c23)CC1)N(Cc1ccccc1)Cc1ccccc1. The molecule has 1 atom stereocenters. The van der Waals surface area contributed by atoms with Gasteiger partial charge in [0.15, 0.2) is 0 Å². The maximum Gasteiger partial charge on any atom is 0.409 e. The van der Waals surface area contributed by atoms with Crippen molar-refractivity contribution in [2.45, 2.75) is 44.8 Å². The largest absolute Gasteiger partial charge is 0.448 e. The van der Waals surface area contributed by atoms with Crippen LogP contribution in [0.4, 0.5) is 4.79 Å². The predicted octanol–water partition coefficient (Wildman–Crippen LogP) is 5.26. The van der Waals surface area contributed by atoms with Crippen LogP contribution in [0.15, 0.2) is 83.7 Å². The van der Waals surface area contributed by atoms with Gasteiger partial charge in [-0.05, 0) is 48.4 Å². The van der Waals surface area contributed by atoms with Crippen LogP contribution in [0.2, 0.25) is 0 Å². The average molecular weight is 499 g/mol. The molecule has 0 radical (unpaired) electrons. The van der Waals surface area contributed by atoms with Gasteiger partial charge in [0.2, 0.25) is 0 Å². The molecule has 3 aromatic carbocycles. The number of benzene rings is 3. The first-order valence-corrected chi connectivity index (χ1v) is 13.0. The summed E-state index contributed by atoms with van der Waals surface area (Å²) in [4.78, 5) is 34.6. The Hall–Kier alpha value is -3.84. The molecule has 1 saturated heterocycles. The number of carbonyl (C=O) groups excluding carboxylic acids is 1. The van der Waals surface area contributed by atoms with Crippen LogP contribution in [0.5, 0.6) is 0 Å². The summed E-state index contributed by atoms with van der Waals surface area (Å²) < 4.78 is 5.81. The third kappa shape index (κ3) is 6.12. The number of likely N-dealkylation sites (tertiary alicyclic amines) is 1. The Labute approximate surface area is 217 Å². The normalized spacial score (nSPS) is 15.2. The van der Waals surface area contributed by atoms with Gasteiger partial charge in [-0.25, -0.2) is 9.59 Å². The van der Waals surface area contributed by atoms with Crippen molar-refractivity contribution in [2.24, 2.45) is 0 Å². The molecule has 0 aliphatic carbocycles. The number of H-pyrrole nitrogens is 2. The molecule has 1 aliphatic heterocycles. The fourth-order valence-electron chi connectivity index (χ4n) is 5.19. The van der Waals surface area contributed by atoms with Crippen molar-refractivity contribution in [1.82, 2.24) is 19.8 Å². The number of fused-ring (bicyclic) bond motifs is 1. The number of hydrogen-bond acceptors (Lipinski definition) is 4. The summed E-state index contributed by atoms with van der Waals surface area (Å²) in [6, 6.07) is 26.8. The van der Waals surface area contributed by atoms with E-state index in [1.54, 1.807) is 0 Å². The monoisotopic (exact) mass is 498 g/mol. The van der Waals surface area contributed by atoms with E-state index >= 15 is 0 Å². The second-order valence-corrected chi connectivity index (χ2v) is 9.91. The molecule has 0 spiro atoms. The standard InChI is InChI=1S/C30H34N4O3/c1-22(34(19-23-9-4-2-5-10-23)20-24-11-6-3-7-12-24)21-37-30(36)33-17-15-25(16-18-33)26-13-8-14-27-28(26)32-29(35)31-27/h2-14,22,25H,15-21H2,1H3,(H2,31,32,35)/t22-/m0/s1. The van der Waals surface area contributed by atoms with E-state index in [2.05, 4.69) is 76.4 Å². The van der Waals surface area contributed by atoms with Crippen LogP contribution in [-0.4, -0.2) is 51.6 Å². The molecule has 0 bridgehead atoms. The molecule has 0 saturated carbocycles. The topological polar surface area (TPSA) is 81.4 Å². The molecular weight excluding hydrogens is 464 g/mol. The average Bonchev–Trinajstić information content (AvgIpc) is 3.33. The number of ether oxygens (including phenoxy) is 1. The smallest absolute Gasteiger partial charge is 0.409 e. The minimum absolute atomic E-state index is 0.0601. The second kappa shape index (κ2) is 11.5. The Bertz CT molecular complexity index is 1320. The van der Waals surface area contributed by atoms with Crippen molar-refractivity contribution in [2.75, 3.05) is 19.7 Å². The Morgan fingerprint density at radius 1 is 0.919 bits per heavy atom. The number of carbonyl (C=O) groups is 1. The van der Waals surface area contributed by atoms with Gasteiger partial charge < -0.3 is 19.6 Å². The Balaban J connectivity index is 1.17. The zero-order valence-electron chi connectivity index (χ0n) is 21.2. The fourth-order valence-corrected chi connectivity index (χ4v) is 5.19. The lowest BCUT2D eigenvalue weighted by Crippen LogP contribution is -2.41. The van der Waals surface area contributed by atoms with Crippen LogP contribution in [0.3, 0.4) is 0 Å². The van der Waals surface area contributed by atoms with E-state index in [1.165, 1.54) is 11.1 Å². The van der Waals surface area contributed by atoms with Crippen LogP contribution in [0.1, 0.15) is 42.4 Å². The number of rotatable bonds is 8. The third-order valence-corrected chi connectivity index (χ3v) is 7.30. The summed E-state index contributed by atoms with van der Waals surface area (Å²) in [5, 5.41) is 0. The van der Waals surface area contributed by atoms with Gasteiger partial charge in [-0.15, -0.1) is 0 Å². The predicted molar refractivity (Wildman–Crippen MR) is 145 cm³/mol. The molecule has 0 unspecified atom stereocenters. The molecule has 192 valence electrons. The van der Waals surface area contributed by atoms with Gasteiger partial charge in [0, 0.05) is 32.2 Å². The van der Waals surface area contributed by atoms with Gasteiger partial charge in [-0.1, -0.05) is 72.8 Å². The molecule has 1 aliphatic rings. The Kier molecular flexibility index (Phi) is 7.70. The van der Waals surface area contributed by atoms with Gasteiger partial charge in [0.25, 0.3) is 0 Å². The molecule has 5 rings (SSSR count). The summed E-state index contributed by atoms with van der Waals surface area (Å²) in [7, 11) is 0. The molecular formula is C30H34N4O3. The van der Waals surface area contributed by atoms with E-state index in [0.717, 1.165) is 42.5 Å². The van der Waals surface area contributed by atoms with E-state index in [9.17, 15) is 9.59 Å². The number of hydrogen-bond donors (Lipinski definition) is 2. The summed E-state index contributed by atoms with van der Waals surface area (Å²) in [5.74, 6) is 0.297. The maximum absolute atomic E-state index is 12.9. The van der Waals surface area contributed by atoms with E-state index in [1.807, 2.05) is 29.2 Å². The lowest BCUT2D eigenvalue weighted by Gasteiger charge is -2.33. The number of nitrogens with zero attached hydrogens (tertiary/aromatic N) is 2. The van der Waals surface area contributed by atoms with Crippen LogP contribution >= 0.6 is 0 Å². The Morgan fingerprint density at radius 3 is 2.16 bits per heavy atom. The lowest BCUT2D eigenvalue weighted by molar-refractivity contribution is 0.0589. The van der Waals surface area contributed by atoms with Crippen molar-refractivity contribution < 1.29 is 9.53 Å². The number of nitrogens with one attached hydrogen (secondary N) is 2. The number of imidazole rings is 1. The van der Waals surface area contributed by atoms with Gasteiger partial charge >= 0.3 is 11.8 Å². The van der Waals surface area contributed by atoms with E-state index in [0.29, 0.717) is 25.6 Å². The highest BCUT2D eigenvalue weighted by molar-refractivity contribution is 5.78. The number of amides is 1. The van der Waals surface area contributed by atoms with Crippen molar-refractivity contribution in [3.8, 4) is 0 Å². The molecule has 2 N–H and O–H groups in total. The number of para-hydroxylation sites is 1. The third-order valence-electron chi connectivity index (χ3n) is 7.30. The summed E-state index contributed by atoms with van der Waals surface area (Å²) in [6.07, 6.45) is 1.42. The van der Waals surface area contributed by atoms with Gasteiger partial charge in [-0.2, -0.15) is 0 Å². The molecule has 7 nitrogen and oxygen atoms in total. The van der Waals surface area contributed by atoms with E-state index in [4.69, 9.17) is 4.74 Å². The zero-order chi connectivity index (χ0) is 25.6. The van der Waals surface area contributed by atoms with Crippen molar-refractivity contribution in [3.63, 3.8) is 0 Å². The minimum atomic E-state index is -0.252. The summed E-state index contributed by atoms with van der Waals surface area (Å²) in [5.41, 5.74) is 5.12. The molecule has 37 heavy (non-hydrogen) atoms. The number of aromatic nitrogens is 2. The maximum atomic E-state index is 12.9. The second-order valence-electron chi connectivity index (χ2n) is 9.91. The van der Waals surface area contributed by atoms with E-state index < -0.39 is 0 Å². The number of piperidine rings is 1. The first-order valence-electron chi connectivity index (χ1n) is 13.0. The molecule has 7 heteroatoms. The summed E-state index contributed by atoms with van der Waals surface area (Å²) in [6.45, 7) is 5.30. The van der Waals surface area contributed by atoms with Crippen molar-refractivity contribution >= 4 is 17.1 Å². The summed E-state index contributed by atoms with van der Waals surface area (Å²) >= 11 is 0. The molecule has 1 aromatic heterocycles. The van der Waals surface area contributed by atoms with E-state index in [-0.39, 0.29) is 17.8 Å². The highest BCUT2D eigenvalue weighted by Gasteiger charge is 2.27. The van der Waals surface area contributed by atoms with Gasteiger partial charge in [-0.3, -0.25) is 4.90 Å².